The molecular formula is C14H27N3. The second-order valence-corrected chi connectivity index (χ2v) is 6.39. The number of nitrogens with one attached hydrogen (secondary N) is 2. The van der Waals surface area contributed by atoms with E-state index < -0.39 is 0 Å². The largest absolute Gasteiger partial charge is 0.356 e. The van der Waals surface area contributed by atoms with E-state index in [2.05, 4.69) is 36.4 Å². The molecule has 0 bridgehead atoms. The Morgan fingerprint density at radius 1 is 1.41 bits per heavy atom. The first-order chi connectivity index (χ1) is 8.10. The minimum absolute atomic E-state index is 0.502. The third-order valence-corrected chi connectivity index (χ3v) is 4.04. The Hall–Kier alpha value is -0.730. The van der Waals surface area contributed by atoms with E-state index in [9.17, 15) is 0 Å². The Morgan fingerprint density at radius 3 is 2.65 bits per heavy atom. The van der Waals surface area contributed by atoms with Gasteiger partial charge < -0.3 is 10.6 Å². The van der Waals surface area contributed by atoms with Crippen LogP contribution < -0.4 is 10.6 Å². The van der Waals surface area contributed by atoms with E-state index in [0.717, 1.165) is 25.0 Å². The molecule has 0 aromatic carbocycles. The first kappa shape index (κ1) is 12.7. The highest BCUT2D eigenvalue weighted by molar-refractivity contribution is 5.81. The van der Waals surface area contributed by atoms with Gasteiger partial charge in [-0.15, -0.1) is 0 Å². The molecule has 1 aliphatic heterocycles. The lowest BCUT2D eigenvalue weighted by Gasteiger charge is -2.31. The van der Waals surface area contributed by atoms with Crippen LogP contribution >= 0.6 is 0 Å². The number of guanidine groups is 1. The van der Waals surface area contributed by atoms with Gasteiger partial charge in [0.15, 0.2) is 5.96 Å². The van der Waals surface area contributed by atoms with Crippen molar-refractivity contribution in [2.75, 3.05) is 13.1 Å². The van der Waals surface area contributed by atoms with Crippen LogP contribution in [0.2, 0.25) is 0 Å². The molecule has 17 heavy (non-hydrogen) atoms. The van der Waals surface area contributed by atoms with E-state index in [1.54, 1.807) is 0 Å². The second kappa shape index (κ2) is 5.28. The predicted octanol–water partition coefficient (Wildman–Crippen LogP) is 2.53. The van der Waals surface area contributed by atoms with Crippen molar-refractivity contribution < 1.29 is 0 Å². The summed E-state index contributed by atoms with van der Waals surface area (Å²) in [4.78, 5) is 4.48. The summed E-state index contributed by atoms with van der Waals surface area (Å²) in [5.74, 6) is 1.82. The van der Waals surface area contributed by atoms with Crippen molar-refractivity contribution in [3.63, 3.8) is 0 Å². The van der Waals surface area contributed by atoms with Gasteiger partial charge in [-0.2, -0.15) is 0 Å². The van der Waals surface area contributed by atoms with Gasteiger partial charge in [0.2, 0.25) is 0 Å². The summed E-state index contributed by atoms with van der Waals surface area (Å²) in [5.41, 5.74) is 0.532. The monoisotopic (exact) mass is 237 g/mol. The van der Waals surface area contributed by atoms with Gasteiger partial charge in [-0.1, -0.05) is 26.7 Å². The van der Waals surface area contributed by atoms with Crippen molar-refractivity contribution in [2.24, 2.45) is 16.3 Å². The SMILES string of the molecule is CC(C)CC1(CNC2=NCC(C)N2)CCCC1. The molecule has 0 radical (unpaired) electrons. The van der Waals surface area contributed by atoms with Crippen LogP contribution in [0.4, 0.5) is 0 Å². The number of hydrogen-bond acceptors (Lipinski definition) is 3. The fraction of sp³-hybridized carbons (Fsp3) is 0.929. The molecule has 0 amide bonds. The molecule has 1 saturated carbocycles. The Kier molecular flexibility index (Phi) is 3.95. The first-order valence-corrected chi connectivity index (χ1v) is 7.14. The summed E-state index contributed by atoms with van der Waals surface area (Å²) < 4.78 is 0. The summed E-state index contributed by atoms with van der Waals surface area (Å²) in [6.45, 7) is 8.88. The zero-order valence-electron chi connectivity index (χ0n) is 11.6. The minimum atomic E-state index is 0.502. The molecule has 3 heteroatoms. The van der Waals surface area contributed by atoms with E-state index in [0.29, 0.717) is 11.5 Å². The topological polar surface area (TPSA) is 36.4 Å². The Labute approximate surface area is 105 Å². The molecule has 0 saturated heterocycles. The van der Waals surface area contributed by atoms with Crippen molar-refractivity contribution in [1.29, 1.82) is 0 Å². The van der Waals surface area contributed by atoms with Crippen molar-refractivity contribution in [2.45, 2.75) is 58.9 Å². The zero-order valence-corrected chi connectivity index (χ0v) is 11.6. The van der Waals surface area contributed by atoms with Crippen LogP contribution in [0, 0.1) is 11.3 Å². The smallest absolute Gasteiger partial charge is 0.191 e. The third kappa shape index (κ3) is 3.36. The maximum absolute atomic E-state index is 4.48. The molecule has 2 N–H and O–H groups in total. The summed E-state index contributed by atoms with van der Waals surface area (Å²) in [6.07, 6.45) is 6.94. The Balaban J connectivity index is 1.85. The molecular weight excluding hydrogens is 210 g/mol. The quantitative estimate of drug-likeness (QED) is 0.788. The standard InChI is InChI=1S/C14H27N3/c1-11(2)8-14(6-4-5-7-14)10-16-13-15-9-12(3)17-13/h11-12H,4-10H2,1-3H3,(H2,15,16,17). The molecule has 0 spiro atoms. The number of hydrogen-bond donors (Lipinski definition) is 2. The van der Waals surface area contributed by atoms with Gasteiger partial charge in [0, 0.05) is 12.6 Å². The average Bonchev–Trinajstić information content (AvgIpc) is 2.85. The highest BCUT2D eigenvalue weighted by Crippen LogP contribution is 2.42. The van der Waals surface area contributed by atoms with Gasteiger partial charge in [0.1, 0.15) is 0 Å². The van der Waals surface area contributed by atoms with Crippen LogP contribution in [0.15, 0.2) is 4.99 Å². The number of rotatable bonds is 4. The van der Waals surface area contributed by atoms with Gasteiger partial charge in [-0.05, 0) is 37.5 Å². The summed E-state index contributed by atoms with van der Waals surface area (Å²) in [5, 5.41) is 6.93. The van der Waals surface area contributed by atoms with Crippen LogP contribution in [-0.4, -0.2) is 25.1 Å². The molecule has 1 heterocycles. The molecule has 1 atom stereocenters. The molecule has 98 valence electrons. The fourth-order valence-corrected chi connectivity index (χ4v) is 3.38. The maximum Gasteiger partial charge on any atom is 0.191 e. The van der Waals surface area contributed by atoms with Crippen molar-refractivity contribution in [3.8, 4) is 0 Å². The molecule has 0 aromatic rings. The van der Waals surface area contributed by atoms with E-state index in [4.69, 9.17) is 0 Å². The third-order valence-electron chi connectivity index (χ3n) is 4.04. The molecule has 2 rings (SSSR count). The fourth-order valence-electron chi connectivity index (χ4n) is 3.38. The summed E-state index contributed by atoms with van der Waals surface area (Å²) in [7, 11) is 0. The predicted molar refractivity (Wildman–Crippen MR) is 73.3 cm³/mol. The van der Waals surface area contributed by atoms with Gasteiger partial charge >= 0.3 is 0 Å². The van der Waals surface area contributed by atoms with E-state index in [1.807, 2.05) is 0 Å². The molecule has 2 aliphatic rings. The highest BCUT2D eigenvalue weighted by Gasteiger charge is 2.34. The van der Waals surface area contributed by atoms with Crippen LogP contribution in [-0.2, 0) is 0 Å². The zero-order chi connectivity index (χ0) is 12.3. The summed E-state index contributed by atoms with van der Waals surface area (Å²) >= 11 is 0. The highest BCUT2D eigenvalue weighted by atomic mass is 15.2. The van der Waals surface area contributed by atoms with Gasteiger partial charge in [0.25, 0.3) is 0 Å². The lowest BCUT2D eigenvalue weighted by molar-refractivity contribution is 0.235. The van der Waals surface area contributed by atoms with Crippen molar-refractivity contribution >= 4 is 5.96 Å². The van der Waals surface area contributed by atoms with E-state index in [-0.39, 0.29) is 0 Å². The van der Waals surface area contributed by atoms with Gasteiger partial charge in [-0.3, -0.25) is 4.99 Å². The minimum Gasteiger partial charge on any atom is -0.356 e. The van der Waals surface area contributed by atoms with Crippen LogP contribution in [0.5, 0.6) is 0 Å². The lowest BCUT2D eigenvalue weighted by Crippen LogP contribution is -2.43. The number of nitrogens with zero attached hydrogens (tertiary/aromatic N) is 1. The van der Waals surface area contributed by atoms with Crippen molar-refractivity contribution in [1.82, 2.24) is 10.6 Å². The molecule has 1 unspecified atom stereocenters. The van der Waals surface area contributed by atoms with Crippen LogP contribution in [0.1, 0.15) is 52.9 Å². The molecule has 1 aliphatic carbocycles. The maximum atomic E-state index is 4.48. The van der Waals surface area contributed by atoms with E-state index in [1.165, 1.54) is 32.1 Å². The van der Waals surface area contributed by atoms with Crippen LogP contribution in [0.25, 0.3) is 0 Å². The van der Waals surface area contributed by atoms with E-state index >= 15 is 0 Å². The average molecular weight is 237 g/mol. The van der Waals surface area contributed by atoms with Crippen molar-refractivity contribution in [3.05, 3.63) is 0 Å². The number of aliphatic imine (C=N–C) groups is 1. The molecule has 0 aromatic heterocycles. The Bertz CT molecular complexity index is 277. The Morgan fingerprint density at radius 2 is 2.12 bits per heavy atom. The second-order valence-electron chi connectivity index (χ2n) is 6.39. The first-order valence-electron chi connectivity index (χ1n) is 7.14. The summed E-state index contributed by atoms with van der Waals surface area (Å²) in [6, 6.07) is 0.502. The molecule has 1 fully saturated rings. The van der Waals surface area contributed by atoms with Gasteiger partial charge in [0.05, 0.1) is 6.54 Å². The normalized spacial score (nSPS) is 27.1. The lowest BCUT2D eigenvalue weighted by atomic mass is 9.78. The van der Waals surface area contributed by atoms with Gasteiger partial charge in [-0.25, -0.2) is 0 Å². The molecule has 3 nitrogen and oxygen atoms in total. The van der Waals surface area contributed by atoms with Crippen LogP contribution in [0.3, 0.4) is 0 Å².